The van der Waals surface area contributed by atoms with E-state index in [1.54, 1.807) is 0 Å². The molecule has 0 amide bonds. The summed E-state index contributed by atoms with van der Waals surface area (Å²) in [7, 11) is 0. The highest BCUT2D eigenvalue weighted by molar-refractivity contribution is 5.30. The summed E-state index contributed by atoms with van der Waals surface area (Å²) in [5.41, 5.74) is 4.14. The molecule has 1 heterocycles. The van der Waals surface area contributed by atoms with Crippen LogP contribution in [0.1, 0.15) is 49.9 Å². The molecule has 1 aliphatic rings. The maximum Gasteiger partial charge on any atom is 0.0292 e. The van der Waals surface area contributed by atoms with Crippen LogP contribution in [0.5, 0.6) is 0 Å². The predicted octanol–water partition coefficient (Wildman–Crippen LogP) is 3.68. The van der Waals surface area contributed by atoms with Crippen LogP contribution in [0.4, 0.5) is 0 Å². The second kappa shape index (κ2) is 6.73. The number of hydrogen-bond donors (Lipinski definition) is 1. The summed E-state index contributed by atoms with van der Waals surface area (Å²) in [4.78, 5) is 2.59. The Bertz CT molecular complexity index is 419. The maximum absolute atomic E-state index is 3.73. The molecule has 2 rings (SSSR count). The van der Waals surface area contributed by atoms with Crippen molar-refractivity contribution in [3.8, 4) is 0 Å². The molecule has 0 saturated carbocycles. The third-order valence-electron chi connectivity index (χ3n) is 4.50. The van der Waals surface area contributed by atoms with Gasteiger partial charge in [0.25, 0.3) is 0 Å². The van der Waals surface area contributed by atoms with Crippen molar-refractivity contribution in [2.24, 2.45) is 5.92 Å². The molecule has 1 fully saturated rings. The largest absolute Gasteiger partial charge is 0.310 e. The van der Waals surface area contributed by atoms with Crippen molar-refractivity contribution in [3.63, 3.8) is 0 Å². The molecule has 0 aliphatic carbocycles. The van der Waals surface area contributed by atoms with E-state index in [4.69, 9.17) is 0 Å². The standard InChI is InChI=1S/C18H30N2/c1-13(2)20-7-6-17(12-20)11-19-16(5)18-9-14(3)8-15(4)10-18/h8-10,13,16-17,19H,6-7,11-12H2,1-5H3. The summed E-state index contributed by atoms with van der Waals surface area (Å²) in [6.07, 6.45) is 1.34. The van der Waals surface area contributed by atoms with Gasteiger partial charge in [0.15, 0.2) is 0 Å². The molecule has 1 aromatic carbocycles. The maximum atomic E-state index is 3.73. The average Bonchev–Trinajstić information content (AvgIpc) is 2.83. The lowest BCUT2D eigenvalue weighted by Gasteiger charge is -2.21. The van der Waals surface area contributed by atoms with Crippen molar-refractivity contribution in [2.45, 2.75) is 53.1 Å². The molecule has 0 radical (unpaired) electrons. The van der Waals surface area contributed by atoms with Gasteiger partial charge in [0, 0.05) is 18.6 Å². The van der Waals surface area contributed by atoms with Gasteiger partial charge in [-0.05, 0) is 65.6 Å². The van der Waals surface area contributed by atoms with Crippen LogP contribution in [0.3, 0.4) is 0 Å². The molecule has 2 unspecified atom stereocenters. The van der Waals surface area contributed by atoms with E-state index in [1.165, 1.54) is 36.2 Å². The van der Waals surface area contributed by atoms with E-state index in [0.717, 1.165) is 12.5 Å². The monoisotopic (exact) mass is 274 g/mol. The molecular weight excluding hydrogens is 244 g/mol. The Hall–Kier alpha value is -0.860. The van der Waals surface area contributed by atoms with E-state index >= 15 is 0 Å². The van der Waals surface area contributed by atoms with Crippen molar-refractivity contribution in [3.05, 3.63) is 34.9 Å². The minimum atomic E-state index is 0.446. The van der Waals surface area contributed by atoms with Gasteiger partial charge in [0.2, 0.25) is 0 Å². The first-order chi connectivity index (χ1) is 9.45. The Balaban J connectivity index is 1.85. The first-order valence-corrected chi connectivity index (χ1v) is 8.01. The van der Waals surface area contributed by atoms with Gasteiger partial charge >= 0.3 is 0 Å². The number of hydrogen-bond acceptors (Lipinski definition) is 2. The van der Waals surface area contributed by atoms with E-state index in [1.807, 2.05) is 0 Å². The van der Waals surface area contributed by atoms with E-state index in [2.05, 4.69) is 63.0 Å². The van der Waals surface area contributed by atoms with E-state index in [9.17, 15) is 0 Å². The SMILES string of the molecule is Cc1cc(C)cc(C(C)NCC2CCN(C(C)C)C2)c1. The number of benzene rings is 1. The quantitative estimate of drug-likeness (QED) is 0.881. The van der Waals surface area contributed by atoms with Gasteiger partial charge in [-0.3, -0.25) is 0 Å². The van der Waals surface area contributed by atoms with E-state index in [0.29, 0.717) is 12.1 Å². The van der Waals surface area contributed by atoms with Crippen LogP contribution in [-0.2, 0) is 0 Å². The van der Waals surface area contributed by atoms with Crippen LogP contribution in [0.2, 0.25) is 0 Å². The lowest BCUT2D eigenvalue weighted by Crippen LogP contribution is -2.31. The molecule has 1 aliphatic heterocycles. The van der Waals surface area contributed by atoms with Crippen LogP contribution in [0.15, 0.2) is 18.2 Å². The van der Waals surface area contributed by atoms with Gasteiger partial charge in [0.1, 0.15) is 0 Å². The molecule has 20 heavy (non-hydrogen) atoms. The Kier molecular flexibility index (Phi) is 5.22. The van der Waals surface area contributed by atoms with Gasteiger partial charge in [0.05, 0.1) is 0 Å². The van der Waals surface area contributed by atoms with Crippen LogP contribution in [0.25, 0.3) is 0 Å². The van der Waals surface area contributed by atoms with Gasteiger partial charge in [-0.15, -0.1) is 0 Å². The fourth-order valence-electron chi connectivity index (χ4n) is 3.22. The molecule has 2 nitrogen and oxygen atoms in total. The number of rotatable bonds is 5. The summed E-state index contributed by atoms with van der Waals surface area (Å²) in [5.74, 6) is 0.811. The number of nitrogens with one attached hydrogen (secondary N) is 1. The van der Waals surface area contributed by atoms with Gasteiger partial charge < -0.3 is 10.2 Å². The predicted molar refractivity (Wildman–Crippen MR) is 87.1 cm³/mol. The second-order valence-corrected chi connectivity index (χ2v) is 6.79. The van der Waals surface area contributed by atoms with Crippen molar-refractivity contribution in [1.82, 2.24) is 10.2 Å². The lowest BCUT2D eigenvalue weighted by molar-refractivity contribution is 0.263. The van der Waals surface area contributed by atoms with Crippen LogP contribution >= 0.6 is 0 Å². The Morgan fingerprint density at radius 3 is 2.35 bits per heavy atom. The lowest BCUT2D eigenvalue weighted by atomic mass is 10.0. The molecule has 0 aromatic heterocycles. The minimum Gasteiger partial charge on any atom is -0.310 e. The first-order valence-electron chi connectivity index (χ1n) is 8.01. The molecule has 2 heteroatoms. The molecule has 2 atom stereocenters. The molecule has 112 valence electrons. The summed E-state index contributed by atoms with van der Waals surface area (Å²) < 4.78 is 0. The zero-order valence-corrected chi connectivity index (χ0v) is 13.7. The number of likely N-dealkylation sites (tertiary alicyclic amines) is 1. The molecule has 1 saturated heterocycles. The molecule has 0 spiro atoms. The third kappa shape index (κ3) is 4.07. The van der Waals surface area contributed by atoms with Gasteiger partial charge in [-0.1, -0.05) is 29.3 Å². The fourth-order valence-corrected chi connectivity index (χ4v) is 3.22. The van der Waals surface area contributed by atoms with Crippen LogP contribution in [0, 0.1) is 19.8 Å². The fraction of sp³-hybridized carbons (Fsp3) is 0.667. The third-order valence-corrected chi connectivity index (χ3v) is 4.50. The smallest absolute Gasteiger partial charge is 0.0292 e. The zero-order valence-electron chi connectivity index (χ0n) is 13.7. The van der Waals surface area contributed by atoms with Crippen LogP contribution < -0.4 is 5.32 Å². The molecular formula is C18H30N2. The minimum absolute atomic E-state index is 0.446. The van der Waals surface area contributed by atoms with Gasteiger partial charge in [-0.25, -0.2) is 0 Å². The van der Waals surface area contributed by atoms with Crippen LogP contribution in [-0.4, -0.2) is 30.6 Å². The second-order valence-electron chi connectivity index (χ2n) is 6.79. The summed E-state index contributed by atoms with van der Waals surface area (Å²) >= 11 is 0. The number of aryl methyl sites for hydroxylation is 2. The molecule has 1 aromatic rings. The van der Waals surface area contributed by atoms with Gasteiger partial charge in [-0.2, -0.15) is 0 Å². The van der Waals surface area contributed by atoms with E-state index < -0.39 is 0 Å². The highest BCUT2D eigenvalue weighted by Gasteiger charge is 2.24. The normalized spacial score (nSPS) is 21.6. The first kappa shape index (κ1) is 15.5. The Morgan fingerprint density at radius 2 is 1.80 bits per heavy atom. The van der Waals surface area contributed by atoms with Crippen molar-refractivity contribution >= 4 is 0 Å². The topological polar surface area (TPSA) is 15.3 Å². The molecule has 0 bridgehead atoms. The Morgan fingerprint density at radius 1 is 1.15 bits per heavy atom. The van der Waals surface area contributed by atoms with Crippen molar-refractivity contribution in [2.75, 3.05) is 19.6 Å². The molecule has 1 N–H and O–H groups in total. The Labute approximate surface area is 124 Å². The summed E-state index contributed by atoms with van der Waals surface area (Å²) in [5, 5.41) is 3.73. The highest BCUT2D eigenvalue weighted by atomic mass is 15.2. The average molecular weight is 274 g/mol. The van der Waals surface area contributed by atoms with Crippen molar-refractivity contribution in [1.29, 1.82) is 0 Å². The van der Waals surface area contributed by atoms with Crippen molar-refractivity contribution < 1.29 is 0 Å². The number of nitrogens with zero attached hydrogens (tertiary/aromatic N) is 1. The van der Waals surface area contributed by atoms with E-state index in [-0.39, 0.29) is 0 Å². The zero-order chi connectivity index (χ0) is 14.7. The summed E-state index contributed by atoms with van der Waals surface area (Å²) in [6, 6.07) is 7.99. The summed E-state index contributed by atoms with van der Waals surface area (Å²) in [6.45, 7) is 14.9. The highest BCUT2D eigenvalue weighted by Crippen LogP contribution is 2.20.